The molecular weight excluding hydrogens is 308 g/mol. The number of thiazole rings is 1. The van der Waals surface area contributed by atoms with Crippen LogP contribution in [0.1, 0.15) is 19.8 Å². The Balaban J connectivity index is 1.46. The summed E-state index contributed by atoms with van der Waals surface area (Å²) in [6, 6.07) is 8.31. The van der Waals surface area contributed by atoms with Crippen molar-refractivity contribution in [1.29, 1.82) is 0 Å². The summed E-state index contributed by atoms with van der Waals surface area (Å²) < 4.78 is 1.25. The number of nitrogens with zero attached hydrogens (tertiary/aromatic N) is 3. The molecule has 0 unspecified atom stereocenters. The minimum absolute atomic E-state index is 0.167. The Bertz CT molecular complexity index is 616. The average molecular weight is 332 g/mol. The molecule has 1 amide bonds. The van der Waals surface area contributed by atoms with Crippen LogP contribution >= 0.6 is 11.3 Å². The molecule has 23 heavy (non-hydrogen) atoms. The maximum absolute atomic E-state index is 11.5. The smallest absolute Gasteiger partial charge is 0.220 e. The lowest BCUT2D eigenvalue weighted by atomic mass is 10.3. The summed E-state index contributed by atoms with van der Waals surface area (Å²) in [5, 5.41) is 4.11. The molecule has 0 saturated carbocycles. The molecule has 1 saturated heterocycles. The van der Waals surface area contributed by atoms with E-state index in [0.29, 0.717) is 6.42 Å². The number of hydrogen-bond acceptors (Lipinski definition) is 5. The molecule has 1 N–H and O–H groups in total. The van der Waals surface area contributed by atoms with Crippen LogP contribution in [0.25, 0.3) is 10.2 Å². The van der Waals surface area contributed by atoms with Crippen LogP contribution in [-0.2, 0) is 4.79 Å². The second-order valence-corrected chi connectivity index (χ2v) is 6.90. The number of amides is 1. The molecule has 2 aromatic rings. The highest BCUT2D eigenvalue weighted by Gasteiger charge is 2.19. The fourth-order valence-electron chi connectivity index (χ4n) is 2.83. The molecule has 1 aromatic heterocycles. The van der Waals surface area contributed by atoms with Crippen LogP contribution in [0.2, 0.25) is 0 Å². The van der Waals surface area contributed by atoms with E-state index in [9.17, 15) is 4.79 Å². The topological polar surface area (TPSA) is 48.5 Å². The Morgan fingerprint density at radius 1 is 1.26 bits per heavy atom. The van der Waals surface area contributed by atoms with Crippen LogP contribution in [0.15, 0.2) is 24.3 Å². The van der Waals surface area contributed by atoms with Gasteiger partial charge >= 0.3 is 0 Å². The van der Waals surface area contributed by atoms with Crippen LogP contribution in [-0.4, -0.2) is 55.1 Å². The highest BCUT2D eigenvalue weighted by molar-refractivity contribution is 7.22. The van der Waals surface area contributed by atoms with Gasteiger partial charge in [-0.05, 0) is 18.6 Å². The molecule has 1 aliphatic heterocycles. The molecule has 5 nitrogen and oxygen atoms in total. The standard InChI is InChI=1S/C17H24N4OS/c1-2-5-16(22)18-8-9-20-10-12-21(13-11-20)17-19-14-6-3-4-7-15(14)23-17/h3-4,6-7H,2,5,8-13H2,1H3,(H,18,22). The van der Waals surface area contributed by atoms with E-state index in [1.807, 2.05) is 13.0 Å². The van der Waals surface area contributed by atoms with Crippen LogP contribution in [0.3, 0.4) is 0 Å². The van der Waals surface area contributed by atoms with Gasteiger partial charge in [0.25, 0.3) is 0 Å². The van der Waals surface area contributed by atoms with Gasteiger partial charge in [-0.25, -0.2) is 4.98 Å². The molecule has 2 heterocycles. The normalized spacial score (nSPS) is 16.0. The molecule has 0 bridgehead atoms. The zero-order valence-corrected chi connectivity index (χ0v) is 14.4. The molecular formula is C17H24N4OS. The quantitative estimate of drug-likeness (QED) is 0.882. The van der Waals surface area contributed by atoms with Gasteiger partial charge in [-0.3, -0.25) is 9.69 Å². The highest BCUT2D eigenvalue weighted by Crippen LogP contribution is 2.28. The molecule has 124 valence electrons. The minimum Gasteiger partial charge on any atom is -0.355 e. The number of rotatable bonds is 6. The molecule has 3 rings (SSSR count). The number of para-hydroxylation sites is 1. The van der Waals surface area contributed by atoms with E-state index < -0.39 is 0 Å². The van der Waals surface area contributed by atoms with E-state index in [1.54, 1.807) is 11.3 Å². The van der Waals surface area contributed by atoms with Gasteiger partial charge in [-0.1, -0.05) is 30.4 Å². The number of carbonyl (C=O) groups excluding carboxylic acids is 1. The SMILES string of the molecule is CCCC(=O)NCCN1CCN(c2nc3ccccc3s2)CC1. The fraction of sp³-hybridized carbons (Fsp3) is 0.529. The lowest BCUT2D eigenvalue weighted by Gasteiger charge is -2.34. The van der Waals surface area contributed by atoms with E-state index >= 15 is 0 Å². The summed E-state index contributed by atoms with van der Waals surface area (Å²) in [5.41, 5.74) is 1.09. The third-order valence-corrected chi connectivity index (χ3v) is 5.25. The zero-order chi connectivity index (χ0) is 16.1. The number of benzene rings is 1. The molecule has 0 atom stereocenters. The number of piperazine rings is 1. The molecule has 0 spiro atoms. The van der Waals surface area contributed by atoms with Crippen molar-refractivity contribution in [2.24, 2.45) is 0 Å². The Morgan fingerprint density at radius 2 is 2.04 bits per heavy atom. The van der Waals surface area contributed by atoms with Crippen molar-refractivity contribution < 1.29 is 4.79 Å². The Kier molecular flexibility index (Phi) is 5.46. The van der Waals surface area contributed by atoms with E-state index in [-0.39, 0.29) is 5.91 Å². The van der Waals surface area contributed by atoms with Crippen LogP contribution in [0.4, 0.5) is 5.13 Å². The van der Waals surface area contributed by atoms with Gasteiger partial charge in [-0.15, -0.1) is 0 Å². The second kappa shape index (κ2) is 7.75. The predicted octanol–water partition coefficient (Wildman–Crippen LogP) is 2.33. The highest BCUT2D eigenvalue weighted by atomic mass is 32.1. The van der Waals surface area contributed by atoms with Crippen molar-refractivity contribution >= 4 is 32.6 Å². The van der Waals surface area contributed by atoms with Crippen molar-refractivity contribution in [2.45, 2.75) is 19.8 Å². The van der Waals surface area contributed by atoms with Gasteiger partial charge in [0.1, 0.15) is 0 Å². The summed E-state index contributed by atoms with van der Waals surface area (Å²) in [5.74, 6) is 0.167. The van der Waals surface area contributed by atoms with Crippen molar-refractivity contribution in [3.8, 4) is 0 Å². The molecule has 0 aliphatic carbocycles. The molecule has 1 fully saturated rings. The Hall–Kier alpha value is -1.66. The summed E-state index contributed by atoms with van der Waals surface area (Å²) in [6.45, 7) is 7.77. The first-order valence-corrected chi connectivity index (χ1v) is 9.17. The number of fused-ring (bicyclic) bond motifs is 1. The van der Waals surface area contributed by atoms with Crippen molar-refractivity contribution in [3.05, 3.63) is 24.3 Å². The van der Waals surface area contributed by atoms with Gasteiger partial charge in [0.2, 0.25) is 5.91 Å². The van der Waals surface area contributed by atoms with Crippen LogP contribution in [0.5, 0.6) is 0 Å². The summed E-state index contributed by atoms with van der Waals surface area (Å²) in [4.78, 5) is 21.0. The van der Waals surface area contributed by atoms with Gasteiger partial charge in [0.15, 0.2) is 5.13 Å². The van der Waals surface area contributed by atoms with E-state index in [0.717, 1.165) is 56.3 Å². The second-order valence-electron chi connectivity index (χ2n) is 5.89. The summed E-state index contributed by atoms with van der Waals surface area (Å²) in [6.07, 6.45) is 1.54. The first-order valence-electron chi connectivity index (χ1n) is 8.36. The molecule has 1 aromatic carbocycles. The Labute approximate surface area is 141 Å². The van der Waals surface area contributed by atoms with Gasteiger partial charge in [0, 0.05) is 45.7 Å². The number of nitrogens with one attached hydrogen (secondary N) is 1. The first kappa shape index (κ1) is 16.2. The third-order valence-electron chi connectivity index (χ3n) is 4.15. The molecule has 1 aliphatic rings. The van der Waals surface area contributed by atoms with Gasteiger partial charge in [0.05, 0.1) is 10.2 Å². The van der Waals surface area contributed by atoms with Gasteiger partial charge < -0.3 is 10.2 Å². The Morgan fingerprint density at radius 3 is 2.78 bits per heavy atom. The summed E-state index contributed by atoms with van der Waals surface area (Å²) in [7, 11) is 0. The van der Waals surface area contributed by atoms with Crippen molar-refractivity contribution in [2.75, 3.05) is 44.2 Å². The lowest BCUT2D eigenvalue weighted by Crippen LogP contribution is -2.48. The fourth-order valence-corrected chi connectivity index (χ4v) is 3.84. The van der Waals surface area contributed by atoms with Crippen molar-refractivity contribution in [1.82, 2.24) is 15.2 Å². The number of aromatic nitrogens is 1. The summed E-state index contributed by atoms with van der Waals surface area (Å²) >= 11 is 1.77. The number of anilines is 1. The van der Waals surface area contributed by atoms with Crippen molar-refractivity contribution in [3.63, 3.8) is 0 Å². The maximum atomic E-state index is 11.5. The predicted molar refractivity (Wildman–Crippen MR) is 96.2 cm³/mol. The first-order chi connectivity index (χ1) is 11.3. The molecule has 6 heteroatoms. The maximum Gasteiger partial charge on any atom is 0.220 e. The molecule has 0 radical (unpaired) electrons. The van der Waals surface area contributed by atoms with Gasteiger partial charge in [-0.2, -0.15) is 0 Å². The lowest BCUT2D eigenvalue weighted by molar-refractivity contribution is -0.121. The third kappa shape index (κ3) is 4.20. The van der Waals surface area contributed by atoms with Crippen LogP contribution < -0.4 is 10.2 Å². The van der Waals surface area contributed by atoms with Crippen LogP contribution in [0, 0.1) is 0 Å². The van der Waals surface area contributed by atoms with E-state index in [4.69, 9.17) is 4.98 Å². The number of carbonyl (C=O) groups is 1. The number of hydrogen-bond donors (Lipinski definition) is 1. The largest absolute Gasteiger partial charge is 0.355 e. The van der Waals surface area contributed by atoms with E-state index in [2.05, 4.69) is 33.3 Å². The average Bonchev–Trinajstić information content (AvgIpc) is 3.00. The van der Waals surface area contributed by atoms with E-state index in [1.165, 1.54) is 4.70 Å². The monoisotopic (exact) mass is 332 g/mol. The minimum atomic E-state index is 0.167. The zero-order valence-electron chi connectivity index (χ0n) is 13.6.